The van der Waals surface area contributed by atoms with Gasteiger partial charge in [0.15, 0.2) is 0 Å². The number of nitro benzene ring substituents is 1. The van der Waals surface area contributed by atoms with E-state index in [-0.39, 0.29) is 22.4 Å². The van der Waals surface area contributed by atoms with Crippen molar-refractivity contribution in [2.45, 2.75) is 0 Å². The first-order chi connectivity index (χ1) is 9.08. The van der Waals surface area contributed by atoms with Crippen LogP contribution in [0.4, 0.5) is 11.6 Å². The van der Waals surface area contributed by atoms with Gasteiger partial charge in [0.2, 0.25) is 5.95 Å². The molecule has 2 rings (SSSR count). The molecule has 2 aromatic rings. The van der Waals surface area contributed by atoms with Gasteiger partial charge in [-0.15, -0.1) is 0 Å². The predicted molar refractivity (Wildman–Crippen MR) is 68.1 cm³/mol. The first-order valence-corrected chi connectivity index (χ1v) is 5.49. The maximum atomic E-state index is 11.9. The van der Waals surface area contributed by atoms with E-state index in [2.05, 4.69) is 15.3 Å². The Morgan fingerprint density at radius 1 is 1.32 bits per heavy atom. The molecule has 96 valence electrons. The molecule has 0 aliphatic carbocycles. The summed E-state index contributed by atoms with van der Waals surface area (Å²) in [5, 5.41) is 13.3. The van der Waals surface area contributed by atoms with Crippen molar-refractivity contribution in [2.75, 3.05) is 5.32 Å². The molecule has 0 radical (unpaired) electrons. The number of carbonyl (C=O) groups is 1. The van der Waals surface area contributed by atoms with E-state index in [0.717, 1.165) is 0 Å². The Morgan fingerprint density at radius 2 is 2.05 bits per heavy atom. The smallest absolute Gasteiger partial charge is 0.282 e. The van der Waals surface area contributed by atoms with Crippen molar-refractivity contribution in [3.05, 3.63) is 57.4 Å². The molecule has 0 aliphatic rings. The number of aromatic nitrogens is 2. The zero-order valence-corrected chi connectivity index (χ0v) is 10.2. The van der Waals surface area contributed by atoms with Crippen LogP contribution in [0.25, 0.3) is 0 Å². The molecule has 0 saturated carbocycles. The van der Waals surface area contributed by atoms with E-state index in [0.29, 0.717) is 0 Å². The Hall–Kier alpha value is -2.54. The Labute approximate surface area is 112 Å². The maximum absolute atomic E-state index is 11.9. The minimum Gasteiger partial charge on any atom is -0.290 e. The number of hydrogen-bond donors (Lipinski definition) is 1. The first kappa shape index (κ1) is 12.9. The van der Waals surface area contributed by atoms with Crippen LogP contribution < -0.4 is 5.32 Å². The van der Waals surface area contributed by atoms with Crippen LogP contribution in [0.1, 0.15) is 10.4 Å². The average Bonchev–Trinajstić information content (AvgIpc) is 2.38. The highest BCUT2D eigenvalue weighted by atomic mass is 35.5. The molecule has 8 heteroatoms. The lowest BCUT2D eigenvalue weighted by molar-refractivity contribution is -0.385. The van der Waals surface area contributed by atoms with E-state index in [1.807, 2.05) is 0 Å². The SMILES string of the molecule is O=C(Nc1nccc(Cl)n1)c1ccccc1[N+](=O)[O-]. The Kier molecular flexibility index (Phi) is 3.67. The largest absolute Gasteiger partial charge is 0.290 e. The van der Waals surface area contributed by atoms with Gasteiger partial charge in [0, 0.05) is 12.3 Å². The van der Waals surface area contributed by atoms with Gasteiger partial charge >= 0.3 is 0 Å². The van der Waals surface area contributed by atoms with Crippen molar-refractivity contribution in [1.29, 1.82) is 0 Å². The molecule has 1 N–H and O–H groups in total. The topological polar surface area (TPSA) is 98.0 Å². The van der Waals surface area contributed by atoms with Crippen LogP contribution in [0.15, 0.2) is 36.5 Å². The van der Waals surface area contributed by atoms with Crippen LogP contribution in [0, 0.1) is 10.1 Å². The summed E-state index contributed by atoms with van der Waals surface area (Å²) in [7, 11) is 0. The number of carbonyl (C=O) groups excluding carboxylic acids is 1. The number of nitro groups is 1. The van der Waals surface area contributed by atoms with Crippen LogP contribution >= 0.6 is 11.6 Å². The number of amides is 1. The second-order valence-electron chi connectivity index (χ2n) is 3.43. The molecule has 7 nitrogen and oxygen atoms in total. The van der Waals surface area contributed by atoms with Gasteiger partial charge < -0.3 is 0 Å². The molecule has 0 aliphatic heterocycles. The Balaban J connectivity index is 2.28. The highest BCUT2D eigenvalue weighted by Crippen LogP contribution is 2.18. The molecule has 0 unspecified atom stereocenters. The summed E-state index contributed by atoms with van der Waals surface area (Å²) in [6, 6.07) is 7.04. The number of halogens is 1. The third-order valence-electron chi connectivity index (χ3n) is 2.19. The van der Waals surface area contributed by atoms with E-state index in [1.54, 1.807) is 0 Å². The minimum absolute atomic E-state index is 0.0179. The van der Waals surface area contributed by atoms with Gasteiger partial charge in [-0.2, -0.15) is 0 Å². The van der Waals surface area contributed by atoms with Gasteiger partial charge in [0.25, 0.3) is 11.6 Å². The number of anilines is 1. The lowest BCUT2D eigenvalue weighted by Gasteiger charge is -2.04. The molecule has 1 heterocycles. The van der Waals surface area contributed by atoms with Gasteiger partial charge in [-0.05, 0) is 12.1 Å². The predicted octanol–water partition coefficient (Wildman–Crippen LogP) is 2.29. The summed E-state index contributed by atoms with van der Waals surface area (Å²) in [5.41, 5.74) is -0.363. The third-order valence-corrected chi connectivity index (χ3v) is 2.40. The van der Waals surface area contributed by atoms with Gasteiger partial charge in [-0.1, -0.05) is 23.7 Å². The summed E-state index contributed by atoms with van der Waals surface area (Å²) >= 11 is 5.65. The standard InChI is InChI=1S/C11H7ClN4O3/c12-9-5-6-13-11(14-9)15-10(17)7-3-1-2-4-8(7)16(18)19/h1-6H,(H,13,14,15,17). The first-order valence-electron chi connectivity index (χ1n) is 5.11. The van der Waals surface area contributed by atoms with E-state index >= 15 is 0 Å². The highest BCUT2D eigenvalue weighted by molar-refractivity contribution is 6.29. The average molecular weight is 279 g/mol. The van der Waals surface area contributed by atoms with Crippen LogP contribution in [0.3, 0.4) is 0 Å². The van der Waals surface area contributed by atoms with Gasteiger partial charge in [-0.3, -0.25) is 20.2 Å². The lowest BCUT2D eigenvalue weighted by atomic mass is 10.1. The fourth-order valence-electron chi connectivity index (χ4n) is 1.39. The summed E-state index contributed by atoms with van der Waals surface area (Å²) in [6.45, 7) is 0. The van der Waals surface area contributed by atoms with Gasteiger partial charge in [0.1, 0.15) is 10.7 Å². The number of nitrogens with zero attached hydrogens (tertiary/aromatic N) is 3. The lowest BCUT2D eigenvalue weighted by Crippen LogP contribution is -2.15. The summed E-state index contributed by atoms with van der Waals surface area (Å²) in [6.07, 6.45) is 1.37. The third kappa shape index (κ3) is 3.02. The summed E-state index contributed by atoms with van der Waals surface area (Å²) in [5.74, 6) is -0.690. The molecular weight excluding hydrogens is 272 g/mol. The van der Waals surface area contributed by atoms with Crippen LogP contribution in [0.5, 0.6) is 0 Å². The molecule has 0 saturated heterocycles. The molecule has 0 spiro atoms. The van der Waals surface area contributed by atoms with Crippen molar-refractivity contribution >= 4 is 29.1 Å². The van der Waals surface area contributed by atoms with Crippen LogP contribution in [0.2, 0.25) is 5.15 Å². The van der Waals surface area contributed by atoms with E-state index in [9.17, 15) is 14.9 Å². The zero-order chi connectivity index (χ0) is 13.8. The highest BCUT2D eigenvalue weighted by Gasteiger charge is 2.19. The summed E-state index contributed by atoms with van der Waals surface area (Å²) in [4.78, 5) is 29.6. The molecule has 0 fully saturated rings. The van der Waals surface area contributed by atoms with Crippen LogP contribution in [-0.4, -0.2) is 20.8 Å². The normalized spacial score (nSPS) is 9.95. The Bertz CT molecular complexity index is 647. The number of rotatable bonds is 3. The zero-order valence-electron chi connectivity index (χ0n) is 9.41. The summed E-state index contributed by atoms with van der Waals surface area (Å²) < 4.78 is 0. The second kappa shape index (κ2) is 5.40. The fraction of sp³-hybridized carbons (Fsp3) is 0. The van der Waals surface area contributed by atoms with E-state index in [1.165, 1.54) is 36.5 Å². The Morgan fingerprint density at radius 3 is 2.74 bits per heavy atom. The van der Waals surface area contributed by atoms with Crippen molar-refractivity contribution in [2.24, 2.45) is 0 Å². The number of hydrogen-bond acceptors (Lipinski definition) is 5. The van der Waals surface area contributed by atoms with Gasteiger partial charge in [-0.25, -0.2) is 9.97 Å². The second-order valence-corrected chi connectivity index (χ2v) is 3.82. The minimum atomic E-state index is -0.672. The maximum Gasteiger partial charge on any atom is 0.282 e. The van der Waals surface area contributed by atoms with E-state index in [4.69, 9.17) is 11.6 Å². The number of nitrogens with one attached hydrogen (secondary N) is 1. The van der Waals surface area contributed by atoms with Gasteiger partial charge in [0.05, 0.1) is 4.92 Å². The van der Waals surface area contributed by atoms with Crippen molar-refractivity contribution < 1.29 is 9.72 Å². The number of benzene rings is 1. The molecule has 1 aromatic heterocycles. The quantitative estimate of drug-likeness (QED) is 0.527. The monoisotopic (exact) mass is 278 g/mol. The number of para-hydroxylation sites is 1. The fourth-order valence-corrected chi connectivity index (χ4v) is 1.53. The molecule has 0 bridgehead atoms. The van der Waals surface area contributed by atoms with Crippen molar-refractivity contribution in [3.63, 3.8) is 0 Å². The van der Waals surface area contributed by atoms with E-state index < -0.39 is 10.8 Å². The van der Waals surface area contributed by atoms with Crippen molar-refractivity contribution in [3.8, 4) is 0 Å². The van der Waals surface area contributed by atoms with Crippen LogP contribution in [-0.2, 0) is 0 Å². The molecule has 19 heavy (non-hydrogen) atoms. The molecule has 1 aromatic carbocycles. The molecule has 1 amide bonds. The molecular formula is C11H7ClN4O3. The van der Waals surface area contributed by atoms with Crippen molar-refractivity contribution in [1.82, 2.24) is 9.97 Å². The molecule has 0 atom stereocenters.